The summed E-state index contributed by atoms with van der Waals surface area (Å²) in [6, 6.07) is 14.1. The van der Waals surface area contributed by atoms with E-state index in [1.807, 2.05) is 6.07 Å². The van der Waals surface area contributed by atoms with Gasteiger partial charge >= 0.3 is 0 Å². The Morgan fingerprint density at radius 1 is 1.00 bits per heavy atom. The van der Waals surface area contributed by atoms with Crippen LogP contribution in [0.2, 0.25) is 0 Å². The molecular formula is C14H13. The Bertz CT molecular complexity index is 468. The number of benzene rings is 2. The number of hydrogen-bond donors (Lipinski definition) is 0. The van der Waals surface area contributed by atoms with Crippen LogP contribution in [0.15, 0.2) is 30.3 Å². The summed E-state index contributed by atoms with van der Waals surface area (Å²) in [4.78, 5) is 0. The monoisotopic (exact) mass is 181 g/mol. The zero-order chi connectivity index (χ0) is 9.38. The molecular weight excluding hydrogens is 168 g/mol. The summed E-state index contributed by atoms with van der Waals surface area (Å²) in [5.41, 5.74) is 3.13. The van der Waals surface area contributed by atoms with E-state index >= 15 is 0 Å². The van der Waals surface area contributed by atoms with Gasteiger partial charge in [-0.25, -0.2) is 0 Å². The first-order valence-electron chi connectivity index (χ1n) is 5.36. The van der Waals surface area contributed by atoms with Gasteiger partial charge in [0.1, 0.15) is 0 Å². The molecule has 0 aromatic heterocycles. The lowest BCUT2D eigenvalue weighted by atomic mass is 9.88. The van der Waals surface area contributed by atoms with E-state index in [0.717, 1.165) is 0 Å². The second kappa shape index (κ2) is 3.13. The average Bonchev–Trinajstić information content (AvgIpc) is 2.29. The van der Waals surface area contributed by atoms with Crippen LogP contribution in [-0.4, -0.2) is 0 Å². The molecule has 0 unspecified atom stereocenters. The van der Waals surface area contributed by atoms with E-state index in [1.54, 1.807) is 11.1 Å². The highest BCUT2D eigenvalue weighted by Crippen LogP contribution is 2.28. The molecule has 0 saturated heterocycles. The first-order chi connectivity index (χ1) is 6.95. The Hall–Kier alpha value is -1.30. The van der Waals surface area contributed by atoms with Crippen LogP contribution in [-0.2, 0) is 12.8 Å². The van der Waals surface area contributed by atoms with Crippen LogP contribution in [0.4, 0.5) is 0 Å². The average molecular weight is 181 g/mol. The molecule has 14 heavy (non-hydrogen) atoms. The molecule has 2 aromatic rings. The Morgan fingerprint density at radius 3 is 2.93 bits per heavy atom. The van der Waals surface area contributed by atoms with Gasteiger partial charge in [-0.1, -0.05) is 30.3 Å². The largest absolute Gasteiger partial charge is 0.0610 e. The Labute approximate surface area is 84.6 Å². The molecule has 1 aliphatic carbocycles. The smallest absolute Gasteiger partial charge is 0.00991 e. The highest BCUT2D eigenvalue weighted by atomic mass is 14.2. The van der Waals surface area contributed by atoms with Crippen molar-refractivity contribution in [1.82, 2.24) is 0 Å². The van der Waals surface area contributed by atoms with Crippen molar-refractivity contribution < 1.29 is 0 Å². The van der Waals surface area contributed by atoms with Gasteiger partial charge in [0, 0.05) is 0 Å². The molecule has 0 N–H and O–H groups in total. The van der Waals surface area contributed by atoms with E-state index in [2.05, 4.69) is 30.3 Å². The maximum absolute atomic E-state index is 3.30. The van der Waals surface area contributed by atoms with Crippen LogP contribution in [0, 0.1) is 6.07 Å². The number of aryl methyl sites for hydroxylation is 2. The normalized spacial score (nSPS) is 15.4. The van der Waals surface area contributed by atoms with Crippen molar-refractivity contribution in [3.63, 3.8) is 0 Å². The van der Waals surface area contributed by atoms with Gasteiger partial charge in [-0.15, -0.1) is 0 Å². The van der Waals surface area contributed by atoms with E-state index in [4.69, 9.17) is 0 Å². The van der Waals surface area contributed by atoms with Crippen LogP contribution in [0.25, 0.3) is 10.8 Å². The summed E-state index contributed by atoms with van der Waals surface area (Å²) in [5, 5.41) is 2.69. The van der Waals surface area contributed by atoms with Crippen LogP contribution >= 0.6 is 0 Å². The van der Waals surface area contributed by atoms with Crippen LogP contribution in [0.5, 0.6) is 0 Å². The summed E-state index contributed by atoms with van der Waals surface area (Å²) in [7, 11) is 0. The molecule has 2 aromatic carbocycles. The molecule has 0 aliphatic heterocycles. The van der Waals surface area contributed by atoms with Gasteiger partial charge < -0.3 is 0 Å². The highest BCUT2D eigenvalue weighted by Gasteiger charge is 2.11. The SMILES string of the molecule is [c]1cccc2c3c(ccc12)CCCC3. The van der Waals surface area contributed by atoms with Gasteiger partial charge in [0.15, 0.2) is 0 Å². The topological polar surface area (TPSA) is 0 Å². The maximum atomic E-state index is 3.30. The lowest BCUT2D eigenvalue weighted by Crippen LogP contribution is -2.02. The van der Waals surface area contributed by atoms with Crippen molar-refractivity contribution in [2.45, 2.75) is 25.7 Å². The molecule has 1 aliphatic rings. The summed E-state index contributed by atoms with van der Waals surface area (Å²) >= 11 is 0. The summed E-state index contributed by atoms with van der Waals surface area (Å²) < 4.78 is 0. The Balaban J connectivity index is 2.34. The molecule has 0 amide bonds. The number of hydrogen-bond acceptors (Lipinski definition) is 0. The van der Waals surface area contributed by atoms with E-state index in [0.29, 0.717) is 0 Å². The lowest BCUT2D eigenvalue weighted by Gasteiger charge is -2.17. The summed E-state index contributed by atoms with van der Waals surface area (Å²) in [6.07, 6.45) is 5.22. The molecule has 0 bridgehead atoms. The Morgan fingerprint density at radius 2 is 1.93 bits per heavy atom. The molecule has 0 heteroatoms. The maximum Gasteiger partial charge on any atom is -0.00991 e. The third kappa shape index (κ3) is 1.14. The molecule has 69 valence electrons. The zero-order valence-corrected chi connectivity index (χ0v) is 8.22. The van der Waals surface area contributed by atoms with Crippen LogP contribution in [0.1, 0.15) is 24.0 Å². The van der Waals surface area contributed by atoms with Crippen LogP contribution in [0.3, 0.4) is 0 Å². The standard InChI is InChI=1S/C14H13/c1-3-7-13-11(5-1)9-10-12-6-2-4-8-14(12)13/h1,3,7,9-10H,2,4,6,8H2. The first kappa shape index (κ1) is 8.05. The fourth-order valence-electron chi connectivity index (χ4n) is 2.45. The zero-order valence-electron chi connectivity index (χ0n) is 8.22. The van der Waals surface area contributed by atoms with Gasteiger partial charge in [0.2, 0.25) is 0 Å². The lowest BCUT2D eigenvalue weighted by molar-refractivity contribution is 0.690. The number of fused-ring (bicyclic) bond motifs is 3. The minimum atomic E-state index is 1.25. The third-order valence-corrected chi connectivity index (χ3v) is 3.17. The molecule has 0 fully saturated rings. The fraction of sp³-hybridized carbons (Fsp3) is 0.286. The van der Waals surface area contributed by atoms with Gasteiger partial charge in [-0.3, -0.25) is 0 Å². The predicted molar refractivity (Wildman–Crippen MR) is 59.4 cm³/mol. The second-order valence-corrected chi connectivity index (χ2v) is 4.04. The predicted octanol–water partition coefficient (Wildman–Crippen LogP) is 3.52. The Kier molecular flexibility index (Phi) is 1.80. The molecule has 0 saturated carbocycles. The van der Waals surface area contributed by atoms with E-state index < -0.39 is 0 Å². The summed E-state index contributed by atoms with van der Waals surface area (Å²) in [5.74, 6) is 0. The molecule has 0 nitrogen and oxygen atoms in total. The summed E-state index contributed by atoms with van der Waals surface area (Å²) in [6.45, 7) is 0. The van der Waals surface area contributed by atoms with Gasteiger partial charge in [0.25, 0.3) is 0 Å². The first-order valence-corrected chi connectivity index (χ1v) is 5.36. The van der Waals surface area contributed by atoms with E-state index in [-0.39, 0.29) is 0 Å². The fourth-order valence-corrected chi connectivity index (χ4v) is 2.45. The van der Waals surface area contributed by atoms with Gasteiger partial charge in [-0.2, -0.15) is 0 Å². The van der Waals surface area contributed by atoms with Crippen molar-refractivity contribution in [2.24, 2.45) is 0 Å². The van der Waals surface area contributed by atoms with Gasteiger partial charge in [-0.05, 0) is 53.6 Å². The molecule has 3 rings (SSSR count). The van der Waals surface area contributed by atoms with Crippen molar-refractivity contribution >= 4 is 10.8 Å². The molecule has 0 spiro atoms. The number of rotatable bonds is 0. The van der Waals surface area contributed by atoms with E-state index in [9.17, 15) is 0 Å². The van der Waals surface area contributed by atoms with Crippen molar-refractivity contribution in [3.8, 4) is 0 Å². The quantitative estimate of drug-likeness (QED) is 0.583. The molecule has 1 radical (unpaired) electrons. The van der Waals surface area contributed by atoms with Crippen LogP contribution < -0.4 is 0 Å². The molecule has 0 heterocycles. The van der Waals surface area contributed by atoms with E-state index in [1.165, 1.54) is 36.5 Å². The minimum absolute atomic E-state index is 1.25. The third-order valence-electron chi connectivity index (χ3n) is 3.17. The second-order valence-electron chi connectivity index (χ2n) is 4.04. The van der Waals surface area contributed by atoms with Gasteiger partial charge in [0.05, 0.1) is 0 Å². The molecule has 0 atom stereocenters. The van der Waals surface area contributed by atoms with Crippen molar-refractivity contribution in [3.05, 3.63) is 47.5 Å². The minimum Gasteiger partial charge on any atom is -0.0610 e. The van der Waals surface area contributed by atoms with Crippen molar-refractivity contribution in [1.29, 1.82) is 0 Å². The highest BCUT2D eigenvalue weighted by molar-refractivity contribution is 5.86. The van der Waals surface area contributed by atoms with Crippen molar-refractivity contribution in [2.75, 3.05) is 0 Å².